The number of unbranched alkanes of at least 4 members (excludes halogenated alkanes) is 7. The Balaban J connectivity index is 0.000000683. The second kappa shape index (κ2) is 18.0. The number of aryl methyl sites for hydroxylation is 1. The lowest BCUT2D eigenvalue weighted by Crippen LogP contribution is -2.51. The van der Waals surface area contributed by atoms with E-state index in [1.165, 1.54) is 112 Å². The second-order valence-electron chi connectivity index (χ2n) is 8.67. The topological polar surface area (TPSA) is 57.2 Å². The lowest BCUT2D eigenvalue weighted by Gasteiger charge is -2.39. The van der Waals surface area contributed by atoms with Gasteiger partial charge in [-0.25, -0.2) is 8.42 Å². The average molecular weight is 521 g/mol. The van der Waals surface area contributed by atoms with E-state index in [9.17, 15) is 13.0 Å². The van der Waals surface area contributed by atoms with Gasteiger partial charge in [0.15, 0.2) is 0 Å². The Labute approximate surface area is 201 Å². The summed E-state index contributed by atoms with van der Waals surface area (Å²) in [5, 5.41) is 1.17. The van der Waals surface area contributed by atoms with Gasteiger partial charge in [-0.05, 0) is 57.6 Å². The number of halogens is 1. The number of alkyl halides is 1. The molecule has 1 aromatic carbocycles. The summed E-state index contributed by atoms with van der Waals surface area (Å²) in [6.45, 7) is 14.3. The van der Waals surface area contributed by atoms with E-state index in [1.807, 2.05) is 6.92 Å². The van der Waals surface area contributed by atoms with Gasteiger partial charge in [-0.15, -0.1) is 0 Å². The summed E-state index contributed by atoms with van der Waals surface area (Å²) >= 11 is 3.71. The molecule has 0 fully saturated rings. The monoisotopic (exact) mass is 519 g/mol. The van der Waals surface area contributed by atoms with Crippen molar-refractivity contribution in [3.05, 3.63) is 29.8 Å². The molecule has 0 saturated heterocycles. The second-order valence-corrected chi connectivity index (χ2v) is 10.8. The Kier molecular flexibility index (Phi) is 17.8. The number of benzene rings is 1. The lowest BCUT2D eigenvalue weighted by molar-refractivity contribution is -0.926. The van der Waals surface area contributed by atoms with E-state index in [0.29, 0.717) is 0 Å². The van der Waals surface area contributed by atoms with Crippen molar-refractivity contribution >= 4 is 26.0 Å². The van der Waals surface area contributed by atoms with Gasteiger partial charge in [-0.1, -0.05) is 80.1 Å². The summed E-state index contributed by atoms with van der Waals surface area (Å²) in [6, 6.07) is 5.78. The molecule has 0 saturated carbocycles. The summed E-state index contributed by atoms with van der Waals surface area (Å²) in [4.78, 5) is -0.178. The van der Waals surface area contributed by atoms with E-state index < -0.39 is 10.1 Å². The number of hydrogen-bond acceptors (Lipinski definition) is 3. The number of hydrogen-bond donors (Lipinski definition) is 0. The van der Waals surface area contributed by atoms with Gasteiger partial charge in [0, 0.05) is 0 Å². The standard InChI is InChI=1S/C18H39BrN.C7H8O3S/c1-4-7-10-13-17-20(18-14-19,15-11-8-5-2)16-12-9-6-3;1-6-2-4-7(5-3-6)11(8,9)10/h4-18H2,1-3H3;2-5H,1H3,(H,8,9,10)/q+1;/p-1. The van der Waals surface area contributed by atoms with Crippen LogP contribution in [0, 0.1) is 6.92 Å². The van der Waals surface area contributed by atoms with Gasteiger partial charge in [0.2, 0.25) is 0 Å². The highest BCUT2D eigenvalue weighted by atomic mass is 79.9. The maximum absolute atomic E-state index is 10.4. The molecule has 0 aliphatic carbocycles. The third-order valence-electron chi connectivity index (χ3n) is 5.83. The molecule has 0 spiro atoms. The minimum atomic E-state index is -4.27. The van der Waals surface area contributed by atoms with Crippen molar-refractivity contribution in [3.8, 4) is 0 Å². The maximum atomic E-state index is 10.4. The molecule has 0 amide bonds. The van der Waals surface area contributed by atoms with Gasteiger partial charge in [0.25, 0.3) is 0 Å². The molecule has 1 aromatic rings. The molecule has 0 unspecified atom stereocenters. The van der Waals surface area contributed by atoms with Gasteiger partial charge in [0.1, 0.15) is 10.1 Å². The van der Waals surface area contributed by atoms with Crippen LogP contribution in [-0.4, -0.2) is 49.0 Å². The Bertz CT molecular complexity index is 637. The molecule has 0 aliphatic heterocycles. The molecular weight excluding hydrogens is 474 g/mol. The van der Waals surface area contributed by atoms with E-state index >= 15 is 0 Å². The van der Waals surface area contributed by atoms with Gasteiger partial charge in [0.05, 0.1) is 36.4 Å². The predicted octanol–water partition coefficient (Wildman–Crippen LogP) is 7.06. The molecular formula is C25H46BrNO3S. The summed E-state index contributed by atoms with van der Waals surface area (Å²) in [5.41, 5.74) is 0.928. The fraction of sp³-hybridized carbons (Fsp3) is 0.760. The van der Waals surface area contributed by atoms with E-state index in [-0.39, 0.29) is 4.90 Å². The zero-order chi connectivity index (χ0) is 23.6. The lowest BCUT2D eigenvalue weighted by atomic mass is 10.1. The van der Waals surface area contributed by atoms with Crippen LogP contribution in [0.1, 0.15) is 90.5 Å². The number of nitrogens with zero attached hydrogens (tertiary/aromatic N) is 1. The summed E-state index contributed by atoms with van der Waals surface area (Å²) in [5.74, 6) is 0. The van der Waals surface area contributed by atoms with Crippen molar-refractivity contribution in [1.29, 1.82) is 0 Å². The van der Waals surface area contributed by atoms with Crippen molar-refractivity contribution in [2.45, 2.75) is 96.8 Å². The molecule has 0 atom stereocenters. The summed E-state index contributed by atoms with van der Waals surface area (Å²) < 4.78 is 32.5. The van der Waals surface area contributed by atoms with Crippen molar-refractivity contribution in [2.24, 2.45) is 0 Å². The molecule has 0 radical (unpaired) electrons. The number of quaternary nitrogens is 1. The van der Waals surface area contributed by atoms with Crippen LogP contribution in [0.3, 0.4) is 0 Å². The zero-order valence-corrected chi connectivity index (χ0v) is 22.8. The highest BCUT2D eigenvalue weighted by Crippen LogP contribution is 2.17. The van der Waals surface area contributed by atoms with Gasteiger partial charge >= 0.3 is 0 Å². The molecule has 0 N–H and O–H groups in total. The Hall–Kier alpha value is -0.430. The number of rotatable bonds is 16. The highest BCUT2D eigenvalue weighted by Gasteiger charge is 2.25. The van der Waals surface area contributed by atoms with Crippen LogP contribution in [-0.2, 0) is 10.1 Å². The van der Waals surface area contributed by atoms with E-state index in [0.717, 1.165) is 5.56 Å². The van der Waals surface area contributed by atoms with Gasteiger partial charge < -0.3 is 9.04 Å². The quantitative estimate of drug-likeness (QED) is 0.101. The first-order valence-corrected chi connectivity index (χ1v) is 14.7. The third-order valence-corrected chi connectivity index (χ3v) is 7.03. The first kappa shape index (κ1) is 30.6. The fourth-order valence-corrected chi connectivity index (χ4v) is 5.05. The van der Waals surface area contributed by atoms with Crippen molar-refractivity contribution in [3.63, 3.8) is 0 Å². The SMILES string of the molecule is CCCCCC[N+](CCBr)(CCCCC)CCCCC.Cc1ccc(S(=O)(=O)[O-])cc1. The van der Waals surface area contributed by atoms with Crippen LogP contribution >= 0.6 is 15.9 Å². The maximum Gasteiger partial charge on any atom is 0.124 e. The predicted molar refractivity (Wildman–Crippen MR) is 136 cm³/mol. The third kappa shape index (κ3) is 15.1. The Morgan fingerprint density at radius 1 is 0.742 bits per heavy atom. The Morgan fingerprint density at radius 3 is 1.55 bits per heavy atom. The van der Waals surface area contributed by atoms with Crippen molar-refractivity contribution < 1.29 is 17.5 Å². The van der Waals surface area contributed by atoms with E-state index in [4.69, 9.17) is 0 Å². The van der Waals surface area contributed by atoms with Gasteiger partial charge in [-0.3, -0.25) is 0 Å². The minimum Gasteiger partial charge on any atom is -0.744 e. The van der Waals surface area contributed by atoms with Crippen LogP contribution in [0.15, 0.2) is 29.2 Å². The summed E-state index contributed by atoms with van der Waals surface area (Å²) in [7, 11) is -4.27. The van der Waals surface area contributed by atoms with Crippen LogP contribution < -0.4 is 0 Å². The minimum absolute atomic E-state index is 0.178. The van der Waals surface area contributed by atoms with E-state index in [1.54, 1.807) is 12.1 Å². The molecule has 0 heterocycles. The van der Waals surface area contributed by atoms with Crippen LogP contribution in [0.4, 0.5) is 0 Å². The zero-order valence-electron chi connectivity index (χ0n) is 20.4. The van der Waals surface area contributed by atoms with Crippen LogP contribution in [0.25, 0.3) is 0 Å². The van der Waals surface area contributed by atoms with Crippen LogP contribution in [0.5, 0.6) is 0 Å². The highest BCUT2D eigenvalue weighted by molar-refractivity contribution is 9.09. The van der Waals surface area contributed by atoms with Crippen molar-refractivity contribution in [1.82, 2.24) is 0 Å². The first-order valence-electron chi connectivity index (χ1n) is 12.2. The fourth-order valence-electron chi connectivity index (χ4n) is 3.82. The molecule has 0 bridgehead atoms. The molecule has 1 rings (SSSR count). The van der Waals surface area contributed by atoms with Crippen LogP contribution in [0.2, 0.25) is 0 Å². The largest absolute Gasteiger partial charge is 0.744 e. The van der Waals surface area contributed by atoms with E-state index in [2.05, 4.69) is 36.7 Å². The molecule has 6 heteroatoms. The Morgan fingerprint density at radius 2 is 1.16 bits per heavy atom. The molecule has 4 nitrogen and oxygen atoms in total. The van der Waals surface area contributed by atoms with Gasteiger partial charge in [-0.2, -0.15) is 0 Å². The van der Waals surface area contributed by atoms with Crippen molar-refractivity contribution in [2.75, 3.05) is 31.5 Å². The average Bonchev–Trinajstić information content (AvgIpc) is 2.72. The molecule has 31 heavy (non-hydrogen) atoms. The first-order chi connectivity index (χ1) is 14.7. The molecule has 0 aliphatic rings. The molecule has 0 aromatic heterocycles. The smallest absolute Gasteiger partial charge is 0.124 e. The molecule has 182 valence electrons. The summed E-state index contributed by atoms with van der Waals surface area (Å²) in [6.07, 6.45) is 14.0. The normalized spacial score (nSPS) is 11.8.